The van der Waals surface area contributed by atoms with Crippen molar-refractivity contribution in [3.05, 3.63) is 75.5 Å². The quantitative estimate of drug-likeness (QED) is 0.673. The van der Waals surface area contributed by atoms with Crippen LogP contribution in [0.2, 0.25) is 5.02 Å². The molecule has 0 saturated carbocycles. The number of carbonyl (C=O) groups excluding carboxylic acids is 2. The maximum Gasteiger partial charge on any atom is 0.267 e. The summed E-state index contributed by atoms with van der Waals surface area (Å²) in [7, 11) is 0. The maximum absolute atomic E-state index is 12.3. The fourth-order valence-electron chi connectivity index (χ4n) is 2.71. The second-order valence-electron chi connectivity index (χ2n) is 6.45. The largest absolute Gasteiger partial charge is 0.326 e. The van der Waals surface area contributed by atoms with E-state index in [0.29, 0.717) is 27.7 Å². The summed E-state index contributed by atoms with van der Waals surface area (Å²) in [4.78, 5) is 35.9. The summed E-state index contributed by atoms with van der Waals surface area (Å²) in [6.07, 6.45) is 0. The van der Waals surface area contributed by atoms with E-state index in [1.807, 2.05) is 19.1 Å². The van der Waals surface area contributed by atoms with Gasteiger partial charge in [-0.15, -0.1) is 0 Å². The third-order valence-corrected chi connectivity index (χ3v) is 4.48. The minimum atomic E-state index is -0.423. The number of benzene rings is 2. The second kappa shape index (κ2) is 8.70. The van der Waals surface area contributed by atoms with Gasteiger partial charge >= 0.3 is 0 Å². The van der Waals surface area contributed by atoms with E-state index < -0.39 is 11.5 Å². The van der Waals surface area contributed by atoms with Crippen LogP contribution in [0, 0.1) is 6.92 Å². The Bertz CT molecular complexity index is 1140. The zero-order chi connectivity index (χ0) is 21.0. The maximum atomic E-state index is 12.3. The molecule has 2 amide bonds. The standard InChI is InChI=1S/C21H19ClN4O3/c1-13-7-8-15(11-19(13)23-14(2)27)17-9-10-21(29)26(25-17)12-20(28)24-18-6-4-3-5-16(18)22/h3-11H,12H2,1-2H3,(H,23,27)(H,24,28). The van der Waals surface area contributed by atoms with E-state index in [0.717, 1.165) is 10.2 Å². The first-order valence-electron chi connectivity index (χ1n) is 8.84. The molecule has 0 saturated heterocycles. The minimum Gasteiger partial charge on any atom is -0.326 e. The van der Waals surface area contributed by atoms with Crippen molar-refractivity contribution in [2.24, 2.45) is 0 Å². The highest BCUT2D eigenvalue weighted by molar-refractivity contribution is 6.33. The Labute approximate surface area is 172 Å². The van der Waals surface area contributed by atoms with E-state index in [2.05, 4.69) is 15.7 Å². The molecule has 0 aliphatic rings. The Kier molecular flexibility index (Phi) is 6.09. The molecule has 0 aliphatic carbocycles. The van der Waals surface area contributed by atoms with Gasteiger partial charge in [0.25, 0.3) is 5.56 Å². The number of para-hydroxylation sites is 1. The van der Waals surface area contributed by atoms with E-state index in [9.17, 15) is 14.4 Å². The number of carbonyl (C=O) groups is 2. The van der Waals surface area contributed by atoms with E-state index >= 15 is 0 Å². The van der Waals surface area contributed by atoms with Crippen LogP contribution in [0.3, 0.4) is 0 Å². The summed E-state index contributed by atoms with van der Waals surface area (Å²) in [5, 5.41) is 10.1. The number of halogens is 1. The lowest BCUT2D eigenvalue weighted by Gasteiger charge is -2.11. The Hall–Kier alpha value is -3.45. The van der Waals surface area contributed by atoms with Gasteiger partial charge in [-0.2, -0.15) is 5.10 Å². The van der Waals surface area contributed by atoms with Crippen LogP contribution in [0.5, 0.6) is 0 Å². The van der Waals surface area contributed by atoms with Gasteiger partial charge in [-0.3, -0.25) is 14.4 Å². The van der Waals surface area contributed by atoms with Crippen LogP contribution in [0.25, 0.3) is 11.3 Å². The van der Waals surface area contributed by atoms with Gasteiger partial charge in [-0.25, -0.2) is 4.68 Å². The molecule has 3 aromatic rings. The lowest BCUT2D eigenvalue weighted by Crippen LogP contribution is -2.29. The summed E-state index contributed by atoms with van der Waals surface area (Å²) in [6, 6.07) is 15.2. The van der Waals surface area contributed by atoms with Gasteiger partial charge in [0, 0.05) is 24.2 Å². The van der Waals surface area contributed by atoms with Crippen LogP contribution in [0.15, 0.2) is 59.4 Å². The Balaban J connectivity index is 1.85. The third-order valence-electron chi connectivity index (χ3n) is 4.15. The van der Waals surface area contributed by atoms with Crippen LogP contribution in [-0.4, -0.2) is 21.6 Å². The fraction of sp³-hybridized carbons (Fsp3) is 0.143. The third kappa shape index (κ3) is 5.08. The van der Waals surface area contributed by atoms with Gasteiger partial charge in [-0.05, 0) is 36.8 Å². The van der Waals surface area contributed by atoms with Gasteiger partial charge in [-0.1, -0.05) is 35.9 Å². The number of aromatic nitrogens is 2. The molecule has 1 aromatic heterocycles. The molecule has 0 bridgehead atoms. The van der Waals surface area contributed by atoms with E-state index in [-0.39, 0.29) is 12.5 Å². The molecule has 0 fully saturated rings. The van der Waals surface area contributed by atoms with Gasteiger partial charge in [0.15, 0.2) is 0 Å². The lowest BCUT2D eigenvalue weighted by atomic mass is 10.1. The Morgan fingerprint density at radius 2 is 1.79 bits per heavy atom. The summed E-state index contributed by atoms with van der Waals surface area (Å²) < 4.78 is 1.08. The highest BCUT2D eigenvalue weighted by Gasteiger charge is 2.11. The molecule has 0 unspecified atom stereocenters. The van der Waals surface area contributed by atoms with Gasteiger partial charge in [0.05, 0.1) is 16.4 Å². The second-order valence-corrected chi connectivity index (χ2v) is 6.86. The average Bonchev–Trinajstić information content (AvgIpc) is 2.67. The molecule has 7 nitrogen and oxygen atoms in total. The van der Waals surface area contributed by atoms with Crippen molar-refractivity contribution in [2.45, 2.75) is 20.4 Å². The Morgan fingerprint density at radius 1 is 1.03 bits per heavy atom. The number of nitrogens with zero attached hydrogens (tertiary/aromatic N) is 2. The number of aryl methyl sites for hydroxylation is 1. The van der Waals surface area contributed by atoms with Crippen molar-refractivity contribution in [1.82, 2.24) is 9.78 Å². The predicted molar refractivity (Wildman–Crippen MR) is 113 cm³/mol. The van der Waals surface area contributed by atoms with E-state index in [4.69, 9.17) is 11.6 Å². The number of amides is 2. The summed E-state index contributed by atoms with van der Waals surface area (Å²) in [5.41, 5.74) is 2.82. The molecule has 29 heavy (non-hydrogen) atoms. The van der Waals surface area contributed by atoms with Crippen LogP contribution in [-0.2, 0) is 16.1 Å². The Morgan fingerprint density at radius 3 is 2.52 bits per heavy atom. The van der Waals surface area contributed by atoms with E-state index in [1.165, 1.54) is 13.0 Å². The van der Waals surface area contributed by atoms with E-state index in [1.54, 1.807) is 36.4 Å². The monoisotopic (exact) mass is 410 g/mol. The summed E-state index contributed by atoms with van der Waals surface area (Å²) >= 11 is 6.04. The van der Waals surface area contributed by atoms with Crippen LogP contribution >= 0.6 is 11.6 Å². The predicted octanol–water partition coefficient (Wildman–Crippen LogP) is 3.47. The molecule has 3 rings (SSSR count). The molecule has 0 aliphatic heterocycles. The normalized spacial score (nSPS) is 10.4. The molecule has 0 radical (unpaired) electrons. The molecule has 0 atom stereocenters. The first kappa shape index (κ1) is 20.3. The van der Waals surface area contributed by atoms with Crippen molar-refractivity contribution in [3.8, 4) is 11.3 Å². The van der Waals surface area contributed by atoms with Crippen molar-refractivity contribution in [2.75, 3.05) is 10.6 Å². The molecular formula is C21H19ClN4O3. The topological polar surface area (TPSA) is 93.1 Å². The highest BCUT2D eigenvalue weighted by Crippen LogP contribution is 2.24. The SMILES string of the molecule is CC(=O)Nc1cc(-c2ccc(=O)n(CC(=O)Nc3ccccc3Cl)n2)ccc1C. The molecule has 148 valence electrons. The number of hydrogen-bond acceptors (Lipinski definition) is 4. The first-order valence-corrected chi connectivity index (χ1v) is 9.22. The molecule has 8 heteroatoms. The fourth-order valence-corrected chi connectivity index (χ4v) is 2.89. The van der Waals surface area contributed by atoms with Crippen LogP contribution in [0.1, 0.15) is 12.5 Å². The highest BCUT2D eigenvalue weighted by atomic mass is 35.5. The number of hydrogen-bond donors (Lipinski definition) is 2. The lowest BCUT2D eigenvalue weighted by molar-refractivity contribution is -0.117. The summed E-state index contributed by atoms with van der Waals surface area (Å²) in [5.74, 6) is -0.605. The molecule has 2 N–H and O–H groups in total. The number of anilines is 2. The van der Waals surface area contributed by atoms with Crippen molar-refractivity contribution < 1.29 is 9.59 Å². The molecule has 2 aromatic carbocycles. The van der Waals surface area contributed by atoms with Crippen molar-refractivity contribution >= 4 is 34.8 Å². The number of nitrogens with one attached hydrogen (secondary N) is 2. The average molecular weight is 411 g/mol. The summed E-state index contributed by atoms with van der Waals surface area (Å²) in [6.45, 7) is 3.05. The zero-order valence-corrected chi connectivity index (χ0v) is 16.7. The van der Waals surface area contributed by atoms with Crippen LogP contribution in [0.4, 0.5) is 11.4 Å². The van der Waals surface area contributed by atoms with Gasteiger partial charge in [0.2, 0.25) is 11.8 Å². The van der Waals surface area contributed by atoms with Gasteiger partial charge < -0.3 is 10.6 Å². The zero-order valence-electron chi connectivity index (χ0n) is 15.9. The molecule has 1 heterocycles. The molecule has 0 spiro atoms. The smallest absolute Gasteiger partial charge is 0.267 e. The van der Waals surface area contributed by atoms with Crippen molar-refractivity contribution in [3.63, 3.8) is 0 Å². The first-order chi connectivity index (χ1) is 13.8. The van der Waals surface area contributed by atoms with Crippen LogP contribution < -0.4 is 16.2 Å². The van der Waals surface area contributed by atoms with Crippen molar-refractivity contribution in [1.29, 1.82) is 0 Å². The number of rotatable bonds is 5. The van der Waals surface area contributed by atoms with Gasteiger partial charge in [0.1, 0.15) is 6.54 Å². The molecular weight excluding hydrogens is 392 g/mol. The minimum absolute atomic E-state index is 0.181.